The highest BCUT2D eigenvalue weighted by Gasteiger charge is 2.15. The number of carbonyl (C=O) groups is 1. The lowest BCUT2D eigenvalue weighted by atomic mass is 10.1. The number of aromatic nitrogens is 1. The van der Waals surface area contributed by atoms with E-state index in [1.165, 1.54) is 17.3 Å². The van der Waals surface area contributed by atoms with Crippen LogP contribution in [0.25, 0.3) is 0 Å². The zero-order valence-corrected chi connectivity index (χ0v) is 14.7. The molecule has 0 bridgehead atoms. The van der Waals surface area contributed by atoms with Gasteiger partial charge in [0.2, 0.25) is 5.91 Å². The molecule has 2 N–H and O–H groups in total. The van der Waals surface area contributed by atoms with E-state index in [2.05, 4.69) is 10.3 Å². The molecular formula is C18H22N2O2S. The van der Waals surface area contributed by atoms with E-state index in [9.17, 15) is 9.59 Å². The van der Waals surface area contributed by atoms with E-state index < -0.39 is 0 Å². The normalized spacial score (nSPS) is 12.0. The Morgan fingerprint density at radius 3 is 2.48 bits per heavy atom. The second-order valence-electron chi connectivity index (χ2n) is 5.73. The summed E-state index contributed by atoms with van der Waals surface area (Å²) in [6.45, 7) is 7.88. The number of aromatic amines is 1. The van der Waals surface area contributed by atoms with Gasteiger partial charge in [-0.15, -0.1) is 11.8 Å². The van der Waals surface area contributed by atoms with Crippen LogP contribution in [-0.4, -0.2) is 16.1 Å². The molecule has 0 aliphatic carbocycles. The Balaban J connectivity index is 1.97. The van der Waals surface area contributed by atoms with Crippen LogP contribution in [0.15, 0.2) is 40.0 Å². The van der Waals surface area contributed by atoms with Gasteiger partial charge in [-0.25, -0.2) is 0 Å². The fourth-order valence-electron chi connectivity index (χ4n) is 2.29. The third kappa shape index (κ3) is 4.73. The lowest BCUT2D eigenvalue weighted by molar-refractivity contribution is -0.120. The quantitative estimate of drug-likeness (QED) is 0.828. The van der Waals surface area contributed by atoms with Gasteiger partial charge in [-0.2, -0.15) is 0 Å². The van der Waals surface area contributed by atoms with Crippen molar-refractivity contribution in [2.24, 2.45) is 0 Å². The molecule has 2 aromatic rings. The summed E-state index contributed by atoms with van der Waals surface area (Å²) in [5.74, 6) is -0.0741. The largest absolute Gasteiger partial charge is 0.351 e. The van der Waals surface area contributed by atoms with Gasteiger partial charge in [0.15, 0.2) is 0 Å². The number of hydrogen-bond acceptors (Lipinski definition) is 3. The maximum atomic E-state index is 12.2. The van der Waals surface area contributed by atoms with Gasteiger partial charge in [-0.1, -0.05) is 17.7 Å². The number of aryl methyl sites for hydroxylation is 3. The second-order valence-corrected chi connectivity index (χ2v) is 7.15. The molecule has 1 aromatic carbocycles. The van der Waals surface area contributed by atoms with Gasteiger partial charge >= 0.3 is 0 Å². The number of carbonyl (C=O) groups excluding carboxylic acids is 1. The van der Waals surface area contributed by atoms with Crippen molar-refractivity contribution in [1.29, 1.82) is 0 Å². The summed E-state index contributed by atoms with van der Waals surface area (Å²) in [5, 5.41) is 2.63. The fraction of sp³-hybridized carbons (Fsp3) is 0.333. The predicted octanol–water partition coefficient (Wildman–Crippen LogP) is 3.10. The van der Waals surface area contributed by atoms with Gasteiger partial charge in [-0.3, -0.25) is 9.59 Å². The summed E-state index contributed by atoms with van der Waals surface area (Å²) < 4.78 is 0. The van der Waals surface area contributed by atoms with E-state index >= 15 is 0 Å². The number of pyridine rings is 1. The molecule has 0 fully saturated rings. The Hall–Kier alpha value is -2.01. The lowest BCUT2D eigenvalue weighted by Gasteiger charge is -2.13. The minimum atomic E-state index is -0.220. The SMILES string of the molecule is Cc1ccc(S[C@@H](C)C(=O)NCc2c(C)cc(C)[nH]c2=O)cc1. The Bertz CT molecular complexity index is 751. The van der Waals surface area contributed by atoms with E-state index in [-0.39, 0.29) is 23.3 Å². The minimum absolute atomic E-state index is 0.0741. The van der Waals surface area contributed by atoms with Crippen molar-refractivity contribution in [2.75, 3.05) is 0 Å². The molecule has 1 heterocycles. The molecule has 0 saturated carbocycles. The smallest absolute Gasteiger partial charge is 0.253 e. The Kier molecular flexibility index (Phi) is 5.66. The number of thioether (sulfide) groups is 1. The molecule has 4 nitrogen and oxygen atoms in total. The highest BCUT2D eigenvalue weighted by molar-refractivity contribution is 8.00. The van der Waals surface area contributed by atoms with Crippen molar-refractivity contribution < 1.29 is 4.79 Å². The van der Waals surface area contributed by atoms with Crippen LogP contribution in [0.4, 0.5) is 0 Å². The van der Waals surface area contributed by atoms with Crippen LogP contribution in [0.1, 0.15) is 29.3 Å². The summed E-state index contributed by atoms with van der Waals surface area (Å²) >= 11 is 1.51. The van der Waals surface area contributed by atoms with E-state index in [1.54, 1.807) is 0 Å². The zero-order chi connectivity index (χ0) is 17.0. The summed E-state index contributed by atoms with van der Waals surface area (Å²) in [7, 11) is 0. The Labute approximate surface area is 140 Å². The summed E-state index contributed by atoms with van der Waals surface area (Å²) in [6, 6.07) is 9.99. The minimum Gasteiger partial charge on any atom is -0.351 e. The van der Waals surface area contributed by atoms with Crippen LogP contribution in [0, 0.1) is 20.8 Å². The predicted molar refractivity (Wildman–Crippen MR) is 94.9 cm³/mol. The number of H-pyrrole nitrogens is 1. The molecule has 0 saturated heterocycles. The average Bonchev–Trinajstić information content (AvgIpc) is 2.48. The molecule has 0 spiro atoms. The van der Waals surface area contributed by atoms with Crippen LogP contribution in [0.3, 0.4) is 0 Å². The van der Waals surface area contributed by atoms with E-state index in [4.69, 9.17) is 0 Å². The first kappa shape index (κ1) is 17.3. The average molecular weight is 330 g/mol. The molecule has 1 aromatic heterocycles. The van der Waals surface area contributed by atoms with Crippen LogP contribution < -0.4 is 10.9 Å². The third-order valence-electron chi connectivity index (χ3n) is 3.64. The molecule has 0 aliphatic rings. The van der Waals surface area contributed by atoms with Crippen molar-refractivity contribution in [2.45, 2.75) is 44.4 Å². The number of nitrogens with one attached hydrogen (secondary N) is 2. The topological polar surface area (TPSA) is 62.0 Å². The van der Waals surface area contributed by atoms with E-state index in [1.807, 2.05) is 58.0 Å². The Morgan fingerprint density at radius 1 is 1.22 bits per heavy atom. The Morgan fingerprint density at radius 2 is 1.87 bits per heavy atom. The molecule has 0 aliphatic heterocycles. The van der Waals surface area contributed by atoms with Crippen LogP contribution in [-0.2, 0) is 11.3 Å². The number of amides is 1. The first-order valence-electron chi connectivity index (χ1n) is 7.57. The van der Waals surface area contributed by atoms with Crippen molar-refractivity contribution >= 4 is 17.7 Å². The number of benzene rings is 1. The first-order valence-corrected chi connectivity index (χ1v) is 8.45. The monoisotopic (exact) mass is 330 g/mol. The van der Waals surface area contributed by atoms with Gasteiger partial charge in [0.25, 0.3) is 5.56 Å². The molecule has 0 unspecified atom stereocenters. The number of rotatable bonds is 5. The van der Waals surface area contributed by atoms with Crippen molar-refractivity contribution in [3.8, 4) is 0 Å². The summed E-state index contributed by atoms with van der Waals surface area (Å²) in [5.41, 5.74) is 3.38. The molecule has 1 atom stereocenters. The van der Waals surface area contributed by atoms with Gasteiger partial charge < -0.3 is 10.3 Å². The van der Waals surface area contributed by atoms with Crippen molar-refractivity contribution in [3.05, 3.63) is 63.1 Å². The molecule has 5 heteroatoms. The summed E-state index contributed by atoms with van der Waals surface area (Å²) in [4.78, 5) is 28.0. The van der Waals surface area contributed by atoms with Gasteiger partial charge in [0.05, 0.1) is 5.25 Å². The zero-order valence-electron chi connectivity index (χ0n) is 13.9. The molecule has 122 valence electrons. The summed E-state index contributed by atoms with van der Waals surface area (Å²) in [6.07, 6.45) is 0. The highest BCUT2D eigenvalue weighted by atomic mass is 32.2. The van der Waals surface area contributed by atoms with Gasteiger partial charge in [0, 0.05) is 22.7 Å². The second kappa shape index (κ2) is 7.51. The van der Waals surface area contributed by atoms with Crippen molar-refractivity contribution in [3.63, 3.8) is 0 Å². The fourth-order valence-corrected chi connectivity index (χ4v) is 3.19. The molecule has 2 rings (SSSR count). The molecule has 0 radical (unpaired) electrons. The van der Waals surface area contributed by atoms with Crippen LogP contribution in [0.2, 0.25) is 0 Å². The molecule has 23 heavy (non-hydrogen) atoms. The van der Waals surface area contributed by atoms with Crippen LogP contribution >= 0.6 is 11.8 Å². The third-order valence-corrected chi connectivity index (χ3v) is 4.75. The first-order chi connectivity index (χ1) is 10.9. The van der Waals surface area contributed by atoms with E-state index in [0.717, 1.165) is 16.2 Å². The van der Waals surface area contributed by atoms with E-state index in [0.29, 0.717) is 5.56 Å². The molecule has 1 amide bonds. The highest BCUT2D eigenvalue weighted by Crippen LogP contribution is 2.23. The van der Waals surface area contributed by atoms with Crippen molar-refractivity contribution in [1.82, 2.24) is 10.3 Å². The number of hydrogen-bond donors (Lipinski definition) is 2. The van der Waals surface area contributed by atoms with Crippen LogP contribution in [0.5, 0.6) is 0 Å². The maximum Gasteiger partial charge on any atom is 0.253 e. The van der Waals surface area contributed by atoms with Gasteiger partial charge in [-0.05, 0) is 51.5 Å². The maximum absolute atomic E-state index is 12.2. The standard InChI is InChI=1S/C18H22N2O2S/c1-11-5-7-15(8-6-11)23-14(4)17(21)19-10-16-12(2)9-13(3)20-18(16)22/h5-9,14H,10H2,1-4H3,(H,19,21)(H,20,22)/t14-/m0/s1. The van der Waals surface area contributed by atoms with Gasteiger partial charge in [0.1, 0.15) is 0 Å². The lowest BCUT2D eigenvalue weighted by Crippen LogP contribution is -2.33. The molecular weight excluding hydrogens is 308 g/mol.